The average molecular weight is 386 g/mol. The number of aliphatic carboxylic acids is 1. The van der Waals surface area contributed by atoms with Crippen molar-refractivity contribution in [2.75, 3.05) is 32.1 Å². The van der Waals surface area contributed by atoms with Gasteiger partial charge in [0.25, 0.3) is 0 Å². The van der Waals surface area contributed by atoms with Gasteiger partial charge >= 0.3 is 18.0 Å². The second-order valence-electron chi connectivity index (χ2n) is 6.55. The molecule has 8 nitrogen and oxygen atoms in total. The van der Waals surface area contributed by atoms with Crippen LogP contribution in [0, 0.1) is 5.92 Å². The molecule has 2 aromatic rings. The molecule has 0 radical (unpaired) electrons. The molecule has 0 atom stereocenters. The van der Waals surface area contributed by atoms with Crippen molar-refractivity contribution in [3.05, 3.63) is 36.4 Å². The number of hydrogen-bond donors (Lipinski definition) is 2. The Hall–Kier alpha value is -3.29. The topological polar surface area (TPSA) is 105 Å². The number of amides is 2. The summed E-state index contributed by atoms with van der Waals surface area (Å²) in [6.07, 6.45) is 0.896. The number of hydrogen-bond acceptors (Lipinski definition) is 5. The lowest BCUT2D eigenvalue weighted by Gasteiger charge is -2.30. The summed E-state index contributed by atoms with van der Waals surface area (Å²) in [5.41, 5.74) is 0.617. The summed E-state index contributed by atoms with van der Waals surface area (Å²) < 4.78 is 10.1. The van der Waals surface area contributed by atoms with Crippen LogP contribution in [0.15, 0.2) is 36.4 Å². The van der Waals surface area contributed by atoms with Crippen LogP contribution >= 0.6 is 0 Å². The fourth-order valence-electron chi connectivity index (χ4n) is 3.23. The molecule has 0 saturated carbocycles. The third-order valence-electron chi connectivity index (χ3n) is 4.83. The van der Waals surface area contributed by atoms with Crippen LogP contribution in [0.2, 0.25) is 0 Å². The Morgan fingerprint density at radius 1 is 1.11 bits per heavy atom. The summed E-state index contributed by atoms with van der Waals surface area (Å²) >= 11 is 0. The van der Waals surface area contributed by atoms with E-state index in [1.165, 1.54) is 7.11 Å². The largest absolute Gasteiger partial charge is 0.481 e. The van der Waals surface area contributed by atoms with Crippen LogP contribution in [0.5, 0.6) is 5.75 Å². The van der Waals surface area contributed by atoms with Gasteiger partial charge in [0.2, 0.25) is 0 Å². The molecule has 8 heteroatoms. The number of fused-ring (bicyclic) bond motifs is 1. The Morgan fingerprint density at radius 2 is 1.79 bits per heavy atom. The van der Waals surface area contributed by atoms with E-state index < -0.39 is 17.9 Å². The Labute approximate surface area is 162 Å². The summed E-state index contributed by atoms with van der Waals surface area (Å²) in [4.78, 5) is 36.6. The van der Waals surface area contributed by atoms with Gasteiger partial charge in [0.15, 0.2) is 6.61 Å². The monoisotopic (exact) mass is 386 g/mol. The smallest absolute Gasteiger partial charge is 0.343 e. The van der Waals surface area contributed by atoms with E-state index in [9.17, 15) is 14.4 Å². The molecule has 28 heavy (non-hydrogen) atoms. The van der Waals surface area contributed by atoms with E-state index in [0.717, 1.165) is 10.8 Å². The number of benzene rings is 2. The molecule has 3 rings (SSSR count). The number of carboxylic acids is 1. The van der Waals surface area contributed by atoms with E-state index in [0.29, 0.717) is 37.4 Å². The lowest BCUT2D eigenvalue weighted by Crippen LogP contribution is -2.42. The van der Waals surface area contributed by atoms with Gasteiger partial charge in [-0.1, -0.05) is 24.3 Å². The Kier molecular flexibility index (Phi) is 5.98. The van der Waals surface area contributed by atoms with Crippen LogP contribution in [0.1, 0.15) is 12.8 Å². The molecule has 2 N–H and O–H groups in total. The number of urea groups is 1. The van der Waals surface area contributed by atoms with Gasteiger partial charge in [0.1, 0.15) is 5.75 Å². The number of anilines is 1. The number of likely N-dealkylation sites (tertiary alicyclic amines) is 1. The van der Waals surface area contributed by atoms with E-state index in [-0.39, 0.29) is 12.6 Å². The molecule has 2 aromatic carbocycles. The quantitative estimate of drug-likeness (QED) is 0.766. The summed E-state index contributed by atoms with van der Waals surface area (Å²) in [7, 11) is 1.29. The van der Waals surface area contributed by atoms with E-state index >= 15 is 0 Å². The number of piperidine rings is 1. The number of carbonyl (C=O) groups is 3. The van der Waals surface area contributed by atoms with Crippen molar-refractivity contribution in [3.8, 4) is 5.75 Å². The molecule has 0 unspecified atom stereocenters. The van der Waals surface area contributed by atoms with E-state index in [2.05, 4.69) is 10.1 Å². The van der Waals surface area contributed by atoms with Gasteiger partial charge < -0.3 is 24.8 Å². The van der Waals surface area contributed by atoms with Gasteiger partial charge in [-0.2, -0.15) is 0 Å². The highest BCUT2D eigenvalue weighted by Gasteiger charge is 2.27. The molecular weight excluding hydrogens is 364 g/mol. The number of ether oxygens (including phenoxy) is 2. The number of esters is 1. The van der Waals surface area contributed by atoms with Crippen molar-refractivity contribution < 1.29 is 29.0 Å². The maximum absolute atomic E-state index is 12.6. The van der Waals surface area contributed by atoms with Gasteiger partial charge in [-0.05, 0) is 25.0 Å². The SMILES string of the molecule is COC(=O)COc1ccc(NC(=O)N2CCC(C(=O)O)CC2)c2ccccc12. The zero-order valence-electron chi connectivity index (χ0n) is 15.5. The first kappa shape index (κ1) is 19.5. The molecular formula is C20H22N2O6. The third-order valence-corrected chi connectivity index (χ3v) is 4.83. The second kappa shape index (κ2) is 8.60. The van der Waals surface area contributed by atoms with Gasteiger partial charge in [0.05, 0.1) is 18.7 Å². The maximum Gasteiger partial charge on any atom is 0.343 e. The minimum Gasteiger partial charge on any atom is -0.481 e. The molecule has 0 spiro atoms. The number of carboxylic acid groups (broad SMARTS) is 1. The maximum atomic E-state index is 12.6. The fraction of sp³-hybridized carbons (Fsp3) is 0.350. The van der Waals surface area contributed by atoms with Crippen LogP contribution in [0.4, 0.5) is 10.5 Å². The molecule has 1 aliphatic rings. The highest BCUT2D eigenvalue weighted by atomic mass is 16.6. The predicted molar refractivity (Wildman–Crippen MR) is 102 cm³/mol. The number of carbonyl (C=O) groups excluding carboxylic acids is 2. The molecule has 1 fully saturated rings. The van der Waals surface area contributed by atoms with Crippen LogP contribution < -0.4 is 10.1 Å². The van der Waals surface area contributed by atoms with E-state index in [1.807, 2.05) is 24.3 Å². The van der Waals surface area contributed by atoms with Gasteiger partial charge in [0, 0.05) is 23.9 Å². The molecule has 0 aliphatic carbocycles. The lowest BCUT2D eigenvalue weighted by atomic mass is 9.97. The van der Waals surface area contributed by atoms with Crippen LogP contribution in [-0.2, 0) is 14.3 Å². The van der Waals surface area contributed by atoms with Crippen LogP contribution in [0.3, 0.4) is 0 Å². The van der Waals surface area contributed by atoms with E-state index in [1.54, 1.807) is 17.0 Å². The summed E-state index contributed by atoms with van der Waals surface area (Å²) in [5.74, 6) is -1.17. The van der Waals surface area contributed by atoms with Crippen molar-refractivity contribution in [3.63, 3.8) is 0 Å². The zero-order valence-corrected chi connectivity index (χ0v) is 15.5. The minimum absolute atomic E-state index is 0.204. The first-order valence-corrected chi connectivity index (χ1v) is 8.99. The van der Waals surface area contributed by atoms with Crippen molar-refractivity contribution in [1.82, 2.24) is 4.90 Å². The summed E-state index contributed by atoms with van der Waals surface area (Å²) in [6, 6.07) is 10.5. The molecule has 1 heterocycles. The van der Waals surface area contributed by atoms with Gasteiger partial charge in [-0.15, -0.1) is 0 Å². The van der Waals surface area contributed by atoms with Crippen molar-refractivity contribution in [1.29, 1.82) is 0 Å². The Morgan fingerprint density at radius 3 is 2.43 bits per heavy atom. The lowest BCUT2D eigenvalue weighted by molar-refractivity contribution is -0.143. The molecule has 0 bridgehead atoms. The Balaban J connectivity index is 1.74. The first-order chi connectivity index (χ1) is 13.5. The molecule has 2 amide bonds. The third kappa shape index (κ3) is 4.33. The highest BCUT2D eigenvalue weighted by molar-refractivity contribution is 6.04. The number of nitrogens with one attached hydrogen (secondary N) is 1. The molecule has 148 valence electrons. The predicted octanol–water partition coefficient (Wildman–Crippen LogP) is 2.72. The summed E-state index contributed by atoms with van der Waals surface area (Å²) in [5, 5.41) is 13.5. The zero-order chi connectivity index (χ0) is 20.1. The number of rotatable bonds is 5. The normalized spacial score (nSPS) is 14.5. The van der Waals surface area contributed by atoms with Crippen molar-refractivity contribution >= 4 is 34.4 Å². The number of methoxy groups -OCH3 is 1. The highest BCUT2D eigenvalue weighted by Crippen LogP contribution is 2.32. The fourth-order valence-corrected chi connectivity index (χ4v) is 3.23. The number of nitrogens with zero attached hydrogens (tertiary/aromatic N) is 1. The van der Waals surface area contributed by atoms with Crippen LogP contribution in [0.25, 0.3) is 10.8 Å². The summed E-state index contributed by atoms with van der Waals surface area (Å²) in [6.45, 7) is 0.604. The average Bonchev–Trinajstić information content (AvgIpc) is 2.72. The van der Waals surface area contributed by atoms with E-state index in [4.69, 9.17) is 9.84 Å². The minimum atomic E-state index is -0.811. The van der Waals surface area contributed by atoms with Crippen LogP contribution in [-0.4, -0.2) is 54.8 Å². The molecule has 1 saturated heterocycles. The molecule has 1 aliphatic heterocycles. The van der Waals surface area contributed by atoms with Crippen molar-refractivity contribution in [2.45, 2.75) is 12.8 Å². The van der Waals surface area contributed by atoms with Crippen molar-refractivity contribution in [2.24, 2.45) is 5.92 Å². The van der Waals surface area contributed by atoms with Gasteiger partial charge in [-0.3, -0.25) is 4.79 Å². The molecule has 0 aromatic heterocycles. The second-order valence-corrected chi connectivity index (χ2v) is 6.55. The van der Waals surface area contributed by atoms with Gasteiger partial charge in [-0.25, -0.2) is 9.59 Å². The first-order valence-electron chi connectivity index (χ1n) is 8.99. The Bertz CT molecular complexity index is 889. The standard InChI is InChI=1S/C20H22N2O6/c1-27-18(23)12-28-17-7-6-16(14-4-2-3-5-15(14)17)21-20(26)22-10-8-13(9-11-22)19(24)25/h2-7,13H,8-12H2,1H3,(H,21,26)(H,24,25).